The number of anilines is 1. The molecular weight excluding hydrogens is 545 g/mol. The highest BCUT2D eigenvalue weighted by Crippen LogP contribution is 2.51. The average Bonchev–Trinajstić information content (AvgIpc) is 2.83. The van der Waals surface area contributed by atoms with Crippen LogP contribution in [0.4, 0.5) is 19.0 Å². The summed E-state index contributed by atoms with van der Waals surface area (Å²) in [6.45, 7) is 0. The highest BCUT2D eigenvalue weighted by atomic mass is 35.5. The highest BCUT2D eigenvalue weighted by Gasteiger charge is 2.48. The second-order valence-electron chi connectivity index (χ2n) is 8.89. The second-order valence-corrected chi connectivity index (χ2v) is 11.0. The molecule has 8 nitrogen and oxygen atoms in total. The molecule has 1 saturated carbocycles. The number of hydrogen-bond donors (Lipinski definition) is 1. The molecule has 5 rings (SSSR count). The lowest BCUT2D eigenvalue weighted by Gasteiger charge is -2.37. The second kappa shape index (κ2) is 9.59. The molecule has 13 heteroatoms. The van der Waals surface area contributed by atoms with Gasteiger partial charge >= 0.3 is 6.18 Å². The molecule has 1 aliphatic carbocycles. The Balaban J connectivity index is 1.54. The quantitative estimate of drug-likeness (QED) is 0.341. The largest absolute Gasteiger partial charge is 0.495 e. The van der Waals surface area contributed by atoms with E-state index in [9.17, 15) is 26.4 Å². The van der Waals surface area contributed by atoms with E-state index < -0.39 is 27.7 Å². The van der Waals surface area contributed by atoms with Gasteiger partial charge in [0.15, 0.2) is 5.82 Å². The first kappa shape index (κ1) is 26.0. The van der Waals surface area contributed by atoms with Gasteiger partial charge in [0.05, 0.1) is 29.1 Å². The maximum Gasteiger partial charge on any atom is 0.391 e. The van der Waals surface area contributed by atoms with Crippen molar-refractivity contribution in [2.45, 2.75) is 29.8 Å². The van der Waals surface area contributed by atoms with Crippen molar-refractivity contribution in [1.82, 2.24) is 14.8 Å². The Morgan fingerprint density at radius 3 is 2.53 bits per heavy atom. The van der Waals surface area contributed by atoms with E-state index in [2.05, 4.69) is 14.9 Å². The number of ether oxygens (including phenoxy) is 1. The summed E-state index contributed by atoms with van der Waals surface area (Å²) in [7, 11) is -2.62. The van der Waals surface area contributed by atoms with Gasteiger partial charge in [-0.15, -0.1) is 5.10 Å². The Morgan fingerprint density at radius 1 is 1.11 bits per heavy atom. The average molecular weight is 565 g/mol. The van der Waals surface area contributed by atoms with Gasteiger partial charge in [-0.05, 0) is 72.9 Å². The van der Waals surface area contributed by atoms with Gasteiger partial charge in [0.2, 0.25) is 0 Å². The molecule has 2 heterocycles. The number of alkyl halides is 3. The van der Waals surface area contributed by atoms with Gasteiger partial charge in [-0.3, -0.25) is 14.1 Å². The zero-order valence-electron chi connectivity index (χ0n) is 19.7. The van der Waals surface area contributed by atoms with Crippen LogP contribution in [-0.2, 0) is 10.0 Å². The van der Waals surface area contributed by atoms with Gasteiger partial charge in [0, 0.05) is 22.7 Å². The van der Waals surface area contributed by atoms with Gasteiger partial charge < -0.3 is 4.74 Å². The van der Waals surface area contributed by atoms with E-state index in [1.807, 2.05) is 0 Å². The van der Waals surface area contributed by atoms with Crippen molar-refractivity contribution in [3.8, 4) is 11.4 Å². The van der Waals surface area contributed by atoms with Crippen LogP contribution in [0.15, 0.2) is 70.5 Å². The van der Waals surface area contributed by atoms with Crippen LogP contribution in [0.1, 0.15) is 24.3 Å². The van der Waals surface area contributed by atoms with Crippen LogP contribution in [0.25, 0.3) is 16.6 Å². The Bertz CT molecular complexity index is 1690. The minimum Gasteiger partial charge on any atom is -0.495 e. The molecule has 0 unspecified atom stereocenters. The number of benzene rings is 2. The SMILES string of the molecule is COc1cc([C@H]2C[C@H](C(F)(F)F)C2)c(Cl)cc1-n1c(=O)ccc2cc(S(=O)(=O)Nc3cccnn3)ccc21. The molecule has 4 aromatic rings. The number of fused-ring (bicyclic) bond motifs is 1. The molecule has 38 heavy (non-hydrogen) atoms. The third-order valence-corrected chi connectivity index (χ3v) is 8.25. The van der Waals surface area contributed by atoms with Crippen molar-refractivity contribution < 1.29 is 26.3 Å². The number of halogens is 4. The van der Waals surface area contributed by atoms with Crippen LogP contribution in [0.2, 0.25) is 5.02 Å². The molecule has 0 bridgehead atoms. The van der Waals surface area contributed by atoms with Gasteiger partial charge in [0.25, 0.3) is 15.6 Å². The lowest BCUT2D eigenvalue weighted by molar-refractivity contribution is -0.197. The number of nitrogens with zero attached hydrogens (tertiary/aromatic N) is 3. The predicted molar refractivity (Wildman–Crippen MR) is 135 cm³/mol. The summed E-state index contributed by atoms with van der Waals surface area (Å²) in [6, 6.07) is 13.0. The van der Waals surface area contributed by atoms with Crippen molar-refractivity contribution >= 4 is 38.3 Å². The molecule has 1 N–H and O–H groups in total. The maximum atomic E-state index is 13.0. The summed E-state index contributed by atoms with van der Waals surface area (Å²) >= 11 is 6.49. The number of methoxy groups -OCH3 is 1. The van der Waals surface area contributed by atoms with Gasteiger partial charge in [0.1, 0.15) is 5.75 Å². The Labute approximate surface area is 220 Å². The molecule has 0 amide bonds. The fourth-order valence-electron chi connectivity index (χ4n) is 4.54. The molecular formula is C25H20ClF3N4O4S. The summed E-state index contributed by atoms with van der Waals surface area (Å²) in [6.07, 6.45) is -2.98. The lowest BCUT2D eigenvalue weighted by Crippen LogP contribution is -2.34. The number of nitrogens with one attached hydrogen (secondary N) is 1. The molecule has 0 atom stereocenters. The summed E-state index contributed by atoms with van der Waals surface area (Å²) in [4.78, 5) is 12.9. The first-order valence-electron chi connectivity index (χ1n) is 11.4. The molecule has 0 saturated heterocycles. The van der Waals surface area contributed by atoms with Crippen LogP contribution < -0.4 is 15.0 Å². The third-order valence-electron chi connectivity index (χ3n) is 6.57. The van der Waals surface area contributed by atoms with E-state index in [0.717, 1.165) is 0 Å². The predicted octanol–water partition coefficient (Wildman–Crippen LogP) is 5.30. The summed E-state index contributed by atoms with van der Waals surface area (Å²) in [5.41, 5.74) is 0.730. The van der Waals surface area contributed by atoms with Crippen molar-refractivity contribution in [2.75, 3.05) is 11.8 Å². The Kier molecular flexibility index (Phi) is 6.56. The molecule has 2 aromatic carbocycles. The van der Waals surface area contributed by atoms with Crippen LogP contribution >= 0.6 is 11.6 Å². The number of pyridine rings is 1. The Hall–Kier alpha value is -3.64. The van der Waals surface area contributed by atoms with Gasteiger partial charge in [-0.25, -0.2) is 8.42 Å². The number of sulfonamides is 1. The molecule has 198 valence electrons. The fraction of sp³-hybridized carbons (Fsp3) is 0.240. The van der Waals surface area contributed by atoms with E-state index in [4.69, 9.17) is 16.3 Å². The van der Waals surface area contributed by atoms with E-state index in [1.165, 1.54) is 66.4 Å². The summed E-state index contributed by atoms with van der Waals surface area (Å²) in [5, 5.41) is 8.01. The first-order chi connectivity index (χ1) is 18.0. The molecule has 2 aromatic heterocycles. The fourth-order valence-corrected chi connectivity index (χ4v) is 5.88. The smallest absolute Gasteiger partial charge is 0.391 e. The lowest BCUT2D eigenvalue weighted by atomic mass is 9.71. The summed E-state index contributed by atoms with van der Waals surface area (Å²) in [5.74, 6) is -1.46. The van der Waals surface area contributed by atoms with Crippen LogP contribution in [0, 0.1) is 5.92 Å². The normalized spacial score (nSPS) is 17.7. The topological polar surface area (TPSA) is 103 Å². The van der Waals surface area contributed by atoms with Gasteiger partial charge in [-0.2, -0.15) is 18.3 Å². The van der Waals surface area contributed by atoms with E-state index in [0.29, 0.717) is 16.5 Å². The van der Waals surface area contributed by atoms with E-state index >= 15 is 0 Å². The van der Waals surface area contributed by atoms with E-state index in [-0.39, 0.29) is 45.9 Å². The monoisotopic (exact) mass is 564 g/mol. The minimum absolute atomic E-state index is 0.0463. The van der Waals surface area contributed by atoms with Crippen molar-refractivity contribution in [3.05, 3.63) is 81.7 Å². The number of hydrogen-bond acceptors (Lipinski definition) is 6. The molecule has 0 spiro atoms. The highest BCUT2D eigenvalue weighted by molar-refractivity contribution is 7.92. The van der Waals surface area contributed by atoms with Gasteiger partial charge in [-0.1, -0.05) is 11.6 Å². The zero-order chi connectivity index (χ0) is 27.2. The third kappa shape index (κ3) is 4.81. The van der Waals surface area contributed by atoms with E-state index in [1.54, 1.807) is 6.07 Å². The molecule has 0 aliphatic heterocycles. The molecule has 0 radical (unpaired) electrons. The zero-order valence-corrected chi connectivity index (χ0v) is 21.3. The Morgan fingerprint density at radius 2 is 1.87 bits per heavy atom. The van der Waals surface area contributed by atoms with Crippen molar-refractivity contribution in [2.24, 2.45) is 5.92 Å². The van der Waals surface area contributed by atoms with Crippen LogP contribution in [0.3, 0.4) is 0 Å². The minimum atomic E-state index is -4.25. The van der Waals surface area contributed by atoms with Crippen LogP contribution in [-0.4, -0.2) is 36.5 Å². The number of aromatic nitrogens is 3. The summed E-state index contributed by atoms with van der Waals surface area (Å²) < 4.78 is 73.9. The maximum absolute atomic E-state index is 13.0. The number of rotatable bonds is 6. The molecule has 1 fully saturated rings. The van der Waals surface area contributed by atoms with Crippen LogP contribution in [0.5, 0.6) is 5.75 Å². The first-order valence-corrected chi connectivity index (χ1v) is 13.2. The molecule has 1 aliphatic rings. The van der Waals surface area contributed by atoms with Crippen molar-refractivity contribution in [1.29, 1.82) is 0 Å². The van der Waals surface area contributed by atoms with Crippen molar-refractivity contribution in [3.63, 3.8) is 0 Å². The standard InChI is InChI=1S/C25H20ClF3N4O4S/c1-37-22-12-18(15-9-16(10-15)25(27,28)29)19(26)13-21(22)33-20-6-5-17(11-14(20)4-7-24(33)34)38(35,36)32-23-3-2-8-30-31-23/h2-8,11-13,15-16H,9-10H2,1H3,(H,31,32)/t15-,16-.